The fourth-order valence-corrected chi connectivity index (χ4v) is 2.17. The van der Waals surface area contributed by atoms with E-state index < -0.39 is 10.8 Å². The van der Waals surface area contributed by atoms with Crippen LogP contribution in [-0.2, 0) is 4.79 Å². The molecule has 1 N–H and O–H groups in total. The molecule has 0 saturated carbocycles. The van der Waals surface area contributed by atoms with Crippen LogP contribution < -0.4 is 24.4 Å². The molecule has 148 valence electrons. The first-order valence-corrected chi connectivity index (χ1v) is 7.97. The Labute approximate surface area is 160 Å². The van der Waals surface area contributed by atoms with Gasteiger partial charge in [-0.05, 0) is 18.2 Å². The molecule has 0 bridgehead atoms. The molecule has 0 aromatic heterocycles. The predicted octanol–water partition coefficient (Wildman–Crippen LogP) is 2.15. The van der Waals surface area contributed by atoms with Crippen molar-refractivity contribution in [2.45, 2.75) is 0 Å². The first-order chi connectivity index (χ1) is 13.5. The highest BCUT2D eigenvalue weighted by atomic mass is 16.6. The van der Waals surface area contributed by atoms with Crippen LogP contribution >= 0.6 is 0 Å². The average Bonchev–Trinajstić information content (AvgIpc) is 2.72. The number of methoxy groups -OCH3 is 3. The fourth-order valence-electron chi connectivity index (χ4n) is 2.17. The Bertz CT molecular complexity index is 866. The number of nitrogens with one attached hydrogen (secondary N) is 1. The van der Waals surface area contributed by atoms with Crippen molar-refractivity contribution in [2.75, 3.05) is 27.9 Å². The smallest absolute Gasteiger partial charge is 0.277 e. The second-order valence-corrected chi connectivity index (χ2v) is 5.28. The van der Waals surface area contributed by atoms with E-state index in [2.05, 4.69) is 10.5 Å². The van der Waals surface area contributed by atoms with Gasteiger partial charge in [-0.15, -0.1) is 0 Å². The van der Waals surface area contributed by atoms with Crippen LogP contribution in [0.25, 0.3) is 0 Å². The monoisotopic (exact) mass is 389 g/mol. The number of carbonyl (C=O) groups excluding carboxylic acids is 1. The number of nitro benzene ring substituents is 1. The van der Waals surface area contributed by atoms with E-state index in [9.17, 15) is 14.9 Å². The lowest BCUT2D eigenvalue weighted by atomic mass is 10.2. The molecule has 0 radical (unpaired) electrons. The third kappa shape index (κ3) is 5.34. The highest BCUT2D eigenvalue weighted by Crippen LogP contribution is 2.33. The third-order valence-electron chi connectivity index (χ3n) is 3.55. The molecule has 0 unspecified atom stereocenters. The maximum Gasteiger partial charge on any atom is 0.277 e. The number of hydrogen-bond acceptors (Lipinski definition) is 8. The Kier molecular flexibility index (Phi) is 7.14. The SMILES string of the molecule is COc1cc(OC)c(OC)cc1/C=N\NC(=O)COc1ccc([N+](=O)[O-])cc1. The van der Waals surface area contributed by atoms with Gasteiger partial charge in [0, 0.05) is 23.8 Å². The number of rotatable bonds is 9. The molecular formula is C18H19N3O7. The first-order valence-electron chi connectivity index (χ1n) is 7.97. The third-order valence-corrected chi connectivity index (χ3v) is 3.55. The minimum atomic E-state index is -0.520. The van der Waals surface area contributed by atoms with E-state index in [1.807, 2.05) is 0 Å². The van der Waals surface area contributed by atoms with E-state index >= 15 is 0 Å². The molecule has 10 heteroatoms. The number of non-ortho nitro benzene ring substituents is 1. The van der Waals surface area contributed by atoms with Crippen molar-refractivity contribution in [3.8, 4) is 23.0 Å². The summed E-state index contributed by atoms with van der Waals surface area (Å²) in [5, 5.41) is 14.5. The zero-order valence-corrected chi connectivity index (χ0v) is 15.5. The van der Waals surface area contributed by atoms with Gasteiger partial charge in [-0.25, -0.2) is 5.43 Å². The zero-order valence-electron chi connectivity index (χ0n) is 15.5. The number of amides is 1. The number of carbonyl (C=O) groups is 1. The number of ether oxygens (including phenoxy) is 4. The van der Waals surface area contributed by atoms with Gasteiger partial charge in [-0.3, -0.25) is 14.9 Å². The number of hydrazone groups is 1. The van der Waals surface area contributed by atoms with E-state index in [1.54, 1.807) is 12.1 Å². The first kappa shape index (κ1) is 20.5. The summed E-state index contributed by atoms with van der Waals surface area (Å²) in [4.78, 5) is 21.9. The fraction of sp³-hybridized carbons (Fsp3) is 0.222. The number of hydrogen-bond donors (Lipinski definition) is 1. The van der Waals surface area contributed by atoms with E-state index in [0.717, 1.165) is 0 Å². The van der Waals surface area contributed by atoms with Crippen LogP contribution in [0, 0.1) is 10.1 Å². The summed E-state index contributed by atoms with van der Waals surface area (Å²) in [6.45, 7) is -0.307. The minimum absolute atomic E-state index is 0.0646. The van der Waals surface area contributed by atoms with Gasteiger partial charge in [0.1, 0.15) is 11.5 Å². The molecule has 0 saturated heterocycles. The second-order valence-electron chi connectivity index (χ2n) is 5.28. The van der Waals surface area contributed by atoms with Crippen molar-refractivity contribution in [2.24, 2.45) is 5.10 Å². The summed E-state index contributed by atoms with van der Waals surface area (Å²) in [7, 11) is 4.51. The Morgan fingerprint density at radius 3 is 2.25 bits per heavy atom. The molecule has 0 heterocycles. The predicted molar refractivity (Wildman–Crippen MR) is 100 cm³/mol. The maximum absolute atomic E-state index is 11.8. The van der Waals surface area contributed by atoms with Gasteiger partial charge in [0.05, 0.1) is 32.5 Å². The summed E-state index contributed by atoms with van der Waals surface area (Å²) in [6, 6.07) is 8.68. The van der Waals surface area contributed by atoms with Gasteiger partial charge < -0.3 is 18.9 Å². The van der Waals surface area contributed by atoms with Crippen molar-refractivity contribution in [3.05, 3.63) is 52.1 Å². The molecule has 1 amide bonds. The molecule has 0 spiro atoms. The quantitative estimate of drug-likeness (QED) is 0.396. The lowest BCUT2D eigenvalue weighted by molar-refractivity contribution is -0.384. The van der Waals surface area contributed by atoms with Crippen LogP contribution in [0.1, 0.15) is 5.56 Å². The molecule has 0 aliphatic heterocycles. The van der Waals surface area contributed by atoms with E-state index in [4.69, 9.17) is 18.9 Å². The van der Waals surface area contributed by atoms with Crippen LogP contribution in [0.5, 0.6) is 23.0 Å². The van der Waals surface area contributed by atoms with Gasteiger partial charge >= 0.3 is 0 Å². The second kappa shape index (κ2) is 9.76. The Balaban J connectivity index is 1.94. The Hall–Kier alpha value is -3.82. The van der Waals surface area contributed by atoms with Crippen molar-refractivity contribution in [1.29, 1.82) is 0 Å². The maximum atomic E-state index is 11.8. The molecule has 0 fully saturated rings. The van der Waals surface area contributed by atoms with Crippen molar-refractivity contribution < 1.29 is 28.7 Å². The van der Waals surface area contributed by atoms with E-state index in [0.29, 0.717) is 28.6 Å². The average molecular weight is 389 g/mol. The number of nitrogens with zero attached hydrogens (tertiary/aromatic N) is 2. The van der Waals surface area contributed by atoms with Crippen LogP contribution in [0.15, 0.2) is 41.5 Å². The minimum Gasteiger partial charge on any atom is -0.496 e. The number of nitro groups is 1. The summed E-state index contributed by atoms with van der Waals surface area (Å²) in [6.07, 6.45) is 1.39. The Morgan fingerprint density at radius 1 is 1.07 bits per heavy atom. The molecular weight excluding hydrogens is 370 g/mol. The topological polar surface area (TPSA) is 122 Å². The van der Waals surface area contributed by atoms with Gasteiger partial charge in [-0.1, -0.05) is 0 Å². The molecule has 0 aliphatic carbocycles. The standard InChI is InChI=1S/C18H19N3O7/c1-25-15-9-17(27-3)16(26-2)8-12(15)10-19-20-18(22)11-28-14-6-4-13(5-7-14)21(23)24/h4-10H,11H2,1-3H3,(H,20,22)/b19-10-. The lowest BCUT2D eigenvalue weighted by Gasteiger charge is -2.11. The largest absolute Gasteiger partial charge is 0.496 e. The summed E-state index contributed by atoms with van der Waals surface area (Å²) >= 11 is 0. The Morgan fingerprint density at radius 2 is 1.68 bits per heavy atom. The van der Waals surface area contributed by atoms with Crippen molar-refractivity contribution >= 4 is 17.8 Å². The van der Waals surface area contributed by atoms with Gasteiger partial charge in [0.2, 0.25) is 0 Å². The van der Waals surface area contributed by atoms with E-state index in [-0.39, 0.29) is 12.3 Å². The molecule has 2 aromatic rings. The van der Waals surface area contributed by atoms with Gasteiger partial charge in [0.25, 0.3) is 11.6 Å². The lowest BCUT2D eigenvalue weighted by Crippen LogP contribution is -2.24. The molecule has 28 heavy (non-hydrogen) atoms. The molecule has 0 aliphatic rings. The van der Waals surface area contributed by atoms with E-state index in [1.165, 1.54) is 51.8 Å². The summed E-state index contributed by atoms with van der Waals surface area (Å²) in [5.41, 5.74) is 2.82. The summed E-state index contributed by atoms with van der Waals surface area (Å²) < 4.78 is 20.9. The molecule has 10 nitrogen and oxygen atoms in total. The van der Waals surface area contributed by atoms with Crippen LogP contribution in [0.4, 0.5) is 5.69 Å². The molecule has 2 rings (SSSR count). The highest BCUT2D eigenvalue weighted by molar-refractivity contribution is 5.86. The highest BCUT2D eigenvalue weighted by Gasteiger charge is 2.11. The normalized spacial score (nSPS) is 10.4. The number of benzene rings is 2. The van der Waals surface area contributed by atoms with Crippen LogP contribution in [0.3, 0.4) is 0 Å². The molecule has 0 atom stereocenters. The van der Waals surface area contributed by atoms with Crippen molar-refractivity contribution in [1.82, 2.24) is 5.43 Å². The zero-order chi connectivity index (χ0) is 20.5. The van der Waals surface area contributed by atoms with Gasteiger partial charge in [-0.2, -0.15) is 5.10 Å². The van der Waals surface area contributed by atoms with Crippen LogP contribution in [0.2, 0.25) is 0 Å². The van der Waals surface area contributed by atoms with Gasteiger partial charge in [0.15, 0.2) is 18.1 Å². The van der Waals surface area contributed by atoms with Crippen molar-refractivity contribution in [3.63, 3.8) is 0 Å². The summed E-state index contributed by atoms with van der Waals surface area (Å²) in [5.74, 6) is 1.28. The van der Waals surface area contributed by atoms with Crippen LogP contribution in [-0.4, -0.2) is 45.0 Å². The molecule has 2 aromatic carbocycles.